The van der Waals surface area contributed by atoms with Crippen molar-refractivity contribution in [2.24, 2.45) is 10.3 Å². The van der Waals surface area contributed by atoms with Crippen LogP contribution in [0.25, 0.3) is 0 Å². The van der Waals surface area contributed by atoms with Crippen molar-refractivity contribution >= 4 is 11.4 Å². The highest BCUT2D eigenvalue weighted by molar-refractivity contribution is 5.56. The molecule has 0 saturated carbocycles. The number of nitro benzene ring substituents is 1. The highest BCUT2D eigenvalue weighted by Gasteiger charge is 2.11. The highest BCUT2D eigenvalue weighted by Crippen LogP contribution is 2.26. The third-order valence-corrected chi connectivity index (χ3v) is 1.41. The molecule has 1 rings (SSSR count). The van der Waals surface area contributed by atoms with Crippen molar-refractivity contribution in [1.82, 2.24) is 5.01 Å². The van der Waals surface area contributed by atoms with Gasteiger partial charge in [-0.2, -0.15) is 0 Å². The van der Waals surface area contributed by atoms with Crippen molar-refractivity contribution in [1.29, 1.82) is 0 Å². The van der Waals surface area contributed by atoms with Crippen LogP contribution in [0, 0.1) is 10.1 Å². The van der Waals surface area contributed by atoms with Gasteiger partial charge >= 0.3 is 0 Å². The second-order valence-electron chi connectivity index (χ2n) is 2.78. The maximum Gasteiger partial charge on any atom is 0.296 e. The van der Waals surface area contributed by atoms with E-state index in [1.165, 1.54) is 11.1 Å². The summed E-state index contributed by atoms with van der Waals surface area (Å²) in [5.74, 6) is 0. The summed E-state index contributed by atoms with van der Waals surface area (Å²) in [6.07, 6.45) is 0. The molecule has 0 fully saturated rings. The molecule has 0 aromatic heterocycles. The molecule has 0 amide bonds. The molecule has 0 spiro atoms. The topological polar surface area (TPSA) is 71.1 Å². The Bertz CT molecular complexity index is 362. The monoisotopic (exact) mass is 194 g/mol. The van der Waals surface area contributed by atoms with Crippen LogP contribution in [-0.4, -0.2) is 24.0 Å². The van der Waals surface area contributed by atoms with Crippen LogP contribution in [0.4, 0.5) is 11.4 Å². The lowest BCUT2D eigenvalue weighted by atomic mass is 10.3. The van der Waals surface area contributed by atoms with E-state index in [4.69, 9.17) is 0 Å². The summed E-state index contributed by atoms with van der Waals surface area (Å²) in [6.45, 7) is 0. The number of nitrogens with zero attached hydrogens (tertiary/aromatic N) is 4. The fourth-order valence-electron chi connectivity index (χ4n) is 0.841. The van der Waals surface area contributed by atoms with E-state index in [2.05, 4.69) is 10.3 Å². The number of rotatable bonds is 3. The Hall–Kier alpha value is -1.98. The highest BCUT2D eigenvalue weighted by atomic mass is 16.6. The Morgan fingerprint density at radius 3 is 2.57 bits per heavy atom. The summed E-state index contributed by atoms with van der Waals surface area (Å²) in [6, 6.07) is 6.21. The van der Waals surface area contributed by atoms with Crippen molar-refractivity contribution in [3.63, 3.8) is 0 Å². The fourth-order valence-corrected chi connectivity index (χ4v) is 0.841. The van der Waals surface area contributed by atoms with E-state index in [9.17, 15) is 10.1 Å². The lowest BCUT2D eigenvalue weighted by molar-refractivity contribution is -0.384. The number of nitro groups is 1. The Morgan fingerprint density at radius 2 is 2.00 bits per heavy atom. The van der Waals surface area contributed by atoms with Gasteiger partial charge in [0.15, 0.2) is 5.69 Å². The molecular weight excluding hydrogens is 184 g/mol. The predicted octanol–water partition coefficient (Wildman–Crippen LogP) is 2.16. The Morgan fingerprint density at radius 1 is 1.36 bits per heavy atom. The molecule has 14 heavy (non-hydrogen) atoms. The van der Waals surface area contributed by atoms with E-state index >= 15 is 0 Å². The number of hydrogen-bond donors (Lipinski definition) is 0. The van der Waals surface area contributed by atoms with Crippen LogP contribution in [0.15, 0.2) is 34.6 Å². The zero-order valence-electron chi connectivity index (χ0n) is 7.91. The minimum atomic E-state index is -0.482. The van der Waals surface area contributed by atoms with E-state index in [-0.39, 0.29) is 11.4 Å². The van der Waals surface area contributed by atoms with Gasteiger partial charge in [0.05, 0.1) is 4.92 Å². The molecule has 6 heteroatoms. The molecule has 0 N–H and O–H groups in total. The van der Waals surface area contributed by atoms with E-state index in [1.807, 2.05) is 0 Å². The van der Waals surface area contributed by atoms with Crippen molar-refractivity contribution in [2.45, 2.75) is 0 Å². The smallest absolute Gasteiger partial charge is 0.285 e. The van der Waals surface area contributed by atoms with Crippen molar-refractivity contribution < 1.29 is 4.92 Å². The molecule has 6 nitrogen and oxygen atoms in total. The summed E-state index contributed by atoms with van der Waals surface area (Å²) in [5, 5.41) is 19.5. The van der Waals surface area contributed by atoms with Gasteiger partial charge in [-0.3, -0.25) is 15.1 Å². The average Bonchev–Trinajstić information content (AvgIpc) is 2.15. The number of benzene rings is 1. The second-order valence-corrected chi connectivity index (χ2v) is 2.78. The van der Waals surface area contributed by atoms with E-state index < -0.39 is 4.92 Å². The molecule has 0 heterocycles. The maximum absolute atomic E-state index is 10.6. The summed E-state index contributed by atoms with van der Waals surface area (Å²) in [4.78, 5) is 10.1. The van der Waals surface area contributed by atoms with Gasteiger partial charge in [-0.25, -0.2) is 0 Å². The zero-order chi connectivity index (χ0) is 10.6. The van der Waals surface area contributed by atoms with E-state index in [0.717, 1.165) is 0 Å². The molecule has 0 saturated heterocycles. The predicted molar refractivity (Wildman–Crippen MR) is 51.3 cm³/mol. The first-order valence-corrected chi connectivity index (χ1v) is 3.93. The molecule has 0 aliphatic rings. The van der Waals surface area contributed by atoms with Crippen LogP contribution in [0.5, 0.6) is 0 Å². The molecule has 0 aliphatic heterocycles. The quantitative estimate of drug-likeness (QED) is 0.420. The molecule has 0 bridgehead atoms. The van der Waals surface area contributed by atoms with Crippen molar-refractivity contribution in [3.05, 3.63) is 34.4 Å². The summed E-state index contributed by atoms with van der Waals surface area (Å²) < 4.78 is 0. The standard InChI is InChI=1S/C8H10N4O2/c1-11(2)10-9-7-5-3-4-6-8(7)12(13)14/h3-6H,1-2H3/b10-9+. The van der Waals surface area contributed by atoms with Gasteiger partial charge in [-0.05, 0) is 6.07 Å². The molecule has 0 aliphatic carbocycles. The summed E-state index contributed by atoms with van der Waals surface area (Å²) in [5.41, 5.74) is 0.212. The lowest BCUT2D eigenvalue weighted by Gasteiger charge is -2.00. The maximum atomic E-state index is 10.6. The third-order valence-electron chi connectivity index (χ3n) is 1.41. The van der Waals surface area contributed by atoms with Gasteiger partial charge < -0.3 is 0 Å². The molecule has 0 unspecified atom stereocenters. The zero-order valence-corrected chi connectivity index (χ0v) is 7.91. The van der Waals surface area contributed by atoms with Gasteiger partial charge in [0.1, 0.15) is 0 Å². The summed E-state index contributed by atoms with van der Waals surface area (Å²) in [7, 11) is 3.39. The van der Waals surface area contributed by atoms with Crippen LogP contribution in [-0.2, 0) is 0 Å². The molecule has 1 aromatic rings. The largest absolute Gasteiger partial charge is 0.296 e. The summed E-state index contributed by atoms with van der Waals surface area (Å²) >= 11 is 0. The van der Waals surface area contributed by atoms with E-state index in [1.54, 1.807) is 32.3 Å². The first kappa shape index (κ1) is 10.1. The van der Waals surface area contributed by atoms with Crippen molar-refractivity contribution in [2.75, 3.05) is 14.1 Å². The average molecular weight is 194 g/mol. The molecular formula is C8H10N4O2. The number of para-hydroxylation sites is 1. The Kier molecular flexibility index (Phi) is 3.11. The van der Waals surface area contributed by atoms with E-state index in [0.29, 0.717) is 0 Å². The Balaban J connectivity index is 3.02. The lowest BCUT2D eigenvalue weighted by Crippen LogP contribution is -1.99. The first-order chi connectivity index (χ1) is 6.61. The molecule has 1 aromatic carbocycles. The van der Waals surface area contributed by atoms with Crippen LogP contribution in [0.3, 0.4) is 0 Å². The number of hydrogen-bond acceptors (Lipinski definition) is 4. The fraction of sp³-hybridized carbons (Fsp3) is 0.250. The SMILES string of the molecule is CN(C)/N=N/c1ccccc1[N+](=O)[O-]. The van der Waals surface area contributed by atoms with Crippen molar-refractivity contribution in [3.8, 4) is 0 Å². The molecule has 74 valence electrons. The van der Waals surface area contributed by atoms with Crippen LogP contribution >= 0.6 is 0 Å². The minimum absolute atomic E-state index is 0.0434. The van der Waals surface area contributed by atoms with Gasteiger partial charge in [-0.1, -0.05) is 17.4 Å². The second kappa shape index (κ2) is 4.31. The normalized spacial score (nSPS) is 10.4. The van der Waals surface area contributed by atoms with Crippen LogP contribution in [0.1, 0.15) is 0 Å². The molecule has 0 radical (unpaired) electrons. The Labute approximate surface area is 81.0 Å². The van der Waals surface area contributed by atoms with Gasteiger partial charge in [0.25, 0.3) is 5.69 Å². The van der Waals surface area contributed by atoms with Crippen LogP contribution in [0.2, 0.25) is 0 Å². The minimum Gasteiger partial charge on any atom is -0.285 e. The van der Waals surface area contributed by atoms with Gasteiger partial charge in [-0.15, -0.1) is 5.11 Å². The first-order valence-electron chi connectivity index (χ1n) is 3.93. The molecule has 0 atom stereocenters. The van der Waals surface area contributed by atoms with Crippen LogP contribution < -0.4 is 0 Å². The van der Waals surface area contributed by atoms with Gasteiger partial charge in [0, 0.05) is 20.2 Å². The third kappa shape index (κ3) is 2.51. The van der Waals surface area contributed by atoms with Gasteiger partial charge in [0.2, 0.25) is 0 Å².